The number of rotatable bonds is 2. The molecule has 0 unspecified atom stereocenters. The summed E-state index contributed by atoms with van der Waals surface area (Å²) in [5.41, 5.74) is 6.64. The van der Waals surface area contributed by atoms with E-state index in [0.717, 1.165) is 5.39 Å². The van der Waals surface area contributed by atoms with Gasteiger partial charge in [0.25, 0.3) is 0 Å². The maximum Gasteiger partial charge on any atom is 0.134 e. The molecule has 0 amide bonds. The summed E-state index contributed by atoms with van der Waals surface area (Å²) in [7, 11) is 0. The lowest BCUT2D eigenvalue weighted by Crippen LogP contribution is -2.15. The molecule has 80 valence electrons. The predicted octanol–water partition coefficient (Wildman–Crippen LogP) is 3.23. The molecule has 0 aliphatic carbocycles. The summed E-state index contributed by atoms with van der Waals surface area (Å²) in [5, 5.41) is 0.765. The Morgan fingerprint density at radius 2 is 2.00 bits per heavy atom. The molecule has 2 nitrogen and oxygen atoms in total. The molecule has 1 atom stereocenters. The van der Waals surface area contributed by atoms with Crippen LogP contribution in [0.5, 0.6) is 0 Å². The number of nitrogens with two attached hydrogens (primary N) is 1. The maximum absolute atomic E-state index is 12.9. The second-order valence-corrected chi connectivity index (χ2v) is 4.10. The number of fused-ring (bicyclic) bond motifs is 1. The SMILES string of the molecule is CC(C)[C@@H](N)c1cc2cc(F)ccc2o1. The van der Waals surface area contributed by atoms with E-state index in [9.17, 15) is 4.39 Å². The molecule has 0 aliphatic heterocycles. The highest BCUT2D eigenvalue weighted by Gasteiger charge is 2.15. The zero-order chi connectivity index (χ0) is 11.0. The van der Waals surface area contributed by atoms with Crippen molar-refractivity contribution >= 4 is 11.0 Å². The van der Waals surface area contributed by atoms with Gasteiger partial charge in [-0.3, -0.25) is 0 Å². The molecule has 0 fully saturated rings. The standard InChI is InChI=1S/C12H14FNO/c1-7(2)12(14)11-6-8-5-9(13)3-4-10(8)15-11/h3-7,12H,14H2,1-2H3/t12-/m1/s1. The molecule has 0 bridgehead atoms. The fourth-order valence-corrected chi connectivity index (χ4v) is 1.53. The first-order valence-corrected chi connectivity index (χ1v) is 5.02. The molecule has 0 spiro atoms. The third-order valence-electron chi connectivity index (χ3n) is 2.54. The monoisotopic (exact) mass is 207 g/mol. The van der Waals surface area contributed by atoms with E-state index >= 15 is 0 Å². The van der Waals surface area contributed by atoms with Gasteiger partial charge in [-0.1, -0.05) is 13.8 Å². The second kappa shape index (κ2) is 3.66. The third kappa shape index (κ3) is 1.88. The lowest BCUT2D eigenvalue weighted by molar-refractivity contribution is 0.418. The van der Waals surface area contributed by atoms with Crippen LogP contribution in [0.1, 0.15) is 25.6 Å². The minimum absolute atomic E-state index is 0.138. The van der Waals surface area contributed by atoms with Gasteiger partial charge in [-0.05, 0) is 30.2 Å². The van der Waals surface area contributed by atoms with Crippen LogP contribution in [0.25, 0.3) is 11.0 Å². The van der Waals surface area contributed by atoms with Crippen LogP contribution < -0.4 is 5.73 Å². The van der Waals surface area contributed by atoms with Gasteiger partial charge in [-0.15, -0.1) is 0 Å². The van der Waals surface area contributed by atoms with Gasteiger partial charge in [0, 0.05) is 5.39 Å². The van der Waals surface area contributed by atoms with Gasteiger partial charge in [-0.2, -0.15) is 0 Å². The van der Waals surface area contributed by atoms with Crippen LogP contribution in [0.3, 0.4) is 0 Å². The molecule has 0 saturated carbocycles. The Labute approximate surface area is 87.9 Å². The van der Waals surface area contributed by atoms with Crippen molar-refractivity contribution in [1.82, 2.24) is 0 Å². The highest BCUT2D eigenvalue weighted by atomic mass is 19.1. The summed E-state index contributed by atoms with van der Waals surface area (Å²) in [6.07, 6.45) is 0. The topological polar surface area (TPSA) is 39.2 Å². The zero-order valence-corrected chi connectivity index (χ0v) is 8.83. The fraction of sp³-hybridized carbons (Fsp3) is 0.333. The summed E-state index contributed by atoms with van der Waals surface area (Å²) in [6, 6.07) is 6.14. The van der Waals surface area contributed by atoms with Crippen molar-refractivity contribution in [3.63, 3.8) is 0 Å². The van der Waals surface area contributed by atoms with Gasteiger partial charge in [0.05, 0.1) is 6.04 Å². The van der Waals surface area contributed by atoms with E-state index in [1.165, 1.54) is 12.1 Å². The van der Waals surface area contributed by atoms with E-state index in [0.29, 0.717) is 17.3 Å². The summed E-state index contributed by atoms with van der Waals surface area (Å²) in [4.78, 5) is 0. The average molecular weight is 207 g/mol. The van der Waals surface area contributed by atoms with E-state index in [4.69, 9.17) is 10.2 Å². The first-order chi connectivity index (χ1) is 7.08. The lowest BCUT2D eigenvalue weighted by Gasteiger charge is -2.11. The van der Waals surface area contributed by atoms with E-state index in [1.54, 1.807) is 6.07 Å². The highest BCUT2D eigenvalue weighted by molar-refractivity contribution is 5.78. The van der Waals surface area contributed by atoms with Crippen LogP contribution in [-0.4, -0.2) is 0 Å². The van der Waals surface area contributed by atoms with Crippen molar-refractivity contribution in [2.75, 3.05) is 0 Å². The van der Waals surface area contributed by atoms with Gasteiger partial charge >= 0.3 is 0 Å². The van der Waals surface area contributed by atoms with Crippen molar-refractivity contribution in [3.05, 3.63) is 35.8 Å². The summed E-state index contributed by atoms with van der Waals surface area (Å²) in [5.74, 6) is 0.758. The lowest BCUT2D eigenvalue weighted by atomic mass is 10.0. The van der Waals surface area contributed by atoms with E-state index in [2.05, 4.69) is 0 Å². The number of halogens is 1. The molecule has 2 rings (SSSR count). The minimum Gasteiger partial charge on any atom is -0.459 e. The van der Waals surface area contributed by atoms with Crippen LogP contribution in [0.15, 0.2) is 28.7 Å². The van der Waals surface area contributed by atoms with Crippen LogP contribution in [0, 0.1) is 11.7 Å². The number of furan rings is 1. The number of benzene rings is 1. The van der Waals surface area contributed by atoms with Gasteiger partial charge in [0.15, 0.2) is 0 Å². The number of hydrogen-bond acceptors (Lipinski definition) is 2. The van der Waals surface area contributed by atoms with Gasteiger partial charge in [0.1, 0.15) is 17.2 Å². The molecule has 2 N–H and O–H groups in total. The van der Waals surface area contributed by atoms with Crippen molar-refractivity contribution in [2.45, 2.75) is 19.9 Å². The molecule has 3 heteroatoms. The fourth-order valence-electron chi connectivity index (χ4n) is 1.53. The largest absolute Gasteiger partial charge is 0.459 e. The molecule has 15 heavy (non-hydrogen) atoms. The Hall–Kier alpha value is -1.35. The Kier molecular flexibility index (Phi) is 2.49. The minimum atomic E-state index is -0.257. The van der Waals surface area contributed by atoms with Crippen molar-refractivity contribution in [3.8, 4) is 0 Å². The van der Waals surface area contributed by atoms with Crippen molar-refractivity contribution < 1.29 is 8.81 Å². The normalized spacial score (nSPS) is 13.7. The Balaban J connectivity index is 2.47. The van der Waals surface area contributed by atoms with Gasteiger partial charge < -0.3 is 10.2 Å². The molecule has 1 aromatic heterocycles. The van der Waals surface area contributed by atoms with Crippen molar-refractivity contribution in [2.24, 2.45) is 11.7 Å². The molecule has 1 heterocycles. The second-order valence-electron chi connectivity index (χ2n) is 4.10. The van der Waals surface area contributed by atoms with E-state index in [-0.39, 0.29) is 11.9 Å². The summed E-state index contributed by atoms with van der Waals surface area (Å²) < 4.78 is 18.5. The quantitative estimate of drug-likeness (QED) is 0.821. The van der Waals surface area contributed by atoms with Crippen LogP contribution >= 0.6 is 0 Å². The Morgan fingerprint density at radius 1 is 1.27 bits per heavy atom. The smallest absolute Gasteiger partial charge is 0.134 e. The Morgan fingerprint density at radius 3 is 2.67 bits per heavy atom. The average Bonchev–Trinajstić information content (AvgIpc) is 2.58. The maximum atomic E-state index is 12.9. The van der Waals surface area contributed by atoms with Gasteiger partial charge in [0.2, 0.25) is 0 Å². The molecule has 1 aromatic carbocycles. The van der Waals surface area contributed by atoms with E-state index < -0.39 is 0 Å². The van der Waals surface area contributed by atoms with Crippen molar-refractivity contribution in [1.29, 1.82) is 0 Å². The van der Waals surface area contributed by atoms with Crippen LogP contribution in [-0.2, 0) is 0 Å². The molecule has 0 saturated heterocycles. The predicted molar refractivity (Wildman–Crippen MR) is 57.9 cm³/mol. The number of hydrogen-bond donors (Lipinski definition) is 1. The first kappa shape index (κ1) is 10.2. The zero-order valence-electron chi connectivity index (χ0n) is 8.83. The molecule has 0 aliphatic rings. The van der Waals surface area contributed by atoms with E-state index in [1.807, 2.05) is 19.9 Å². The molecular weight excluding hydrogens is 193 g/mol. The van der Waals surface area contributed by atoms with Gasteiger partial charge in [-0.25, -0.2) is 4.39 Å². The highest BCUT2D eigenvalue weighted by Crippen LogP contribution is 2.26. The summed E-state index contributed by atoms with van der Waals surface area (Å²) in [6.45, 7) is 4.05. The Bertz CT molecular complexity index is 475. The van der Waals surface area contributed by atoms with Crippen LogP contribution in [0.2, 0.25) is 0 Å². The molecule has 0 radical (unpaired) electrons. The summed E-state index contributed by atoms with van der Waals surface area (Å²) >= 11 is 0. The third-order valence-corrected chi connectivity index (χ3v) is 2.54. The molecule has 2 aromatic rings. The molecular formula is C12H14FNO. The van der Waals surface area contributed by atoms with Crippen LogP contribution in [0.4, 0.5) is 4.39 Å². The first-order valence-electron chi connectivity index (χ1n) is 5.02.